The molecule has 3 heteroatoms. The number of hydrogen-bond acceptors (Lipinski definition) is 3. The van der Waals surface area contributed by atoms with Crippen molar-refractivity contribution in [1.82, 2.24) is 9.97 Å². The number of thioether (sulfide) groups is 1. The minimum absolute atomic E-state index is 0.811. The molecule has 0 N–H and O–H groups in total. The summed E-state index contributed by atoms with van der Waals surface area (Å²) in [6, 6.07) is 2.87. The zero-order chi connectivity index (χ0) is 6.69. The summed E-state index contributed by atoms with van der Waals surface area (Å²) in [7, 11) is 0. The first kappa shape index (κ1) is 6.55. The Hall–Kier alpha value is -0.570. The Kier molecular flexibility index (Phi) is 2.05. The van der Waals surface area contributed by atoms with E-state index < -0.39 is 0 Å². The van der Waals surface area contributed by atoms with Gasteiger partial charge in [-0.3, -0.25) is 0 Å². The smallest absolute Gasteiger partial charge is 0.187 e. The molecule has 2 nitrogen and oxygen atoms in total. The Labute approximate surface area is 58.7 Å². The third kappa shape index (κ3) is 1.68. The minimum Gasteiger partial charge on any atom is -0.230 e. The molecule has 1 aromatic rings. The standard InChI is InChI=1S/C6H7N2S/c1-5-3-4-7-6(8-5)9-2/h4H,1-2H3. The van der Waals surface area contributed by atoms with Gasteiger partial charge in [0.15, 0.2) is 5.16 Å². The van der Waals surface area contributed by atoms with Gasteiger partial charge in [0.1, 0.15) is 0 Å². The minimum atomic E-state index is 0.811. The second kappa shape index (κ2) is 2.82. The Morgan fingerprint density at radius 1 is 1.67 bits per heavy atom. The van der Waals surface area contributed by atoms with Gasteiger partial charge in [-0.05, 0) is 13.2 Å². The van der Waals surface area contributed by atoms with Gasteiger partial charge in [-0.1, -0.05) is 11.8 Å². The summed E-state index contributed by atoms with van der Waals surface area (Å²) < 4.78 is 0. The summed E-state index contributed by atoms with van der Waals surface area (Å²) in [5.41, 5.74) is 0.898. The summed E-state index contributed by atoms with van der Waals surface area (Å²) in [4.78, 5) is 8.04. The van der Waals surface area contributed by atoms with Crippen LogP contribution >= 0.6 is 11.8 Å². The number of rotatable bonds is 1. The molecule has 0 saturated carbocycles. The lowest BCUT2D eigenvalue weighted by Crippen LogP contribution is -1.86. The first-order chi connectivity index (χ1) is 4.33. The first-order valence-electron chi connectivity index (χ1n) is 2.58. The normalized spacial score (nSPS) is 9.56. The predicted molar refractivity (Wildman–Crippen MR) is 37.4 cm³/mol. The van der Waals surface area contributed by atoms with Crippen molar-refractivity contribution in [3.05, 3.63) is 18.0 Å². The molecule has 1 rings (SSSR count). The van der Waals surface area contributed by atoms with Crippen LogP contribution in [-0.2, 0) is 0 Å². The summed E-state index contributed by atoms with van der Waals surface area (Å²) in [5.74, 6) is 0. The SMILES string of the molecule is CSc1nc[c]c(C)n1. The van der Waals surface area contributed by atoms with Crippen molar-refractivity contribution in [1.29, 1.82) is 0 Å². The molecule has 1 radical (unpaired) electrons. The Morgan fingerprint density at radius 3 is 2.89 bits per heavy atom. The maximum Gasteiger partial charge on any atom is 0.187 e. The highest BCUT2D eigenvalue weighted by molar-refractivity contribution is 7.98. The van der Waals surface area contributed by atoms with Crippen LogP contribution < -0.4 is 0 Å². The number of hydrogen-bond donors (Lipinski definition) is 0. The van der Waals surface area contributed by atoms with E-state index in [1.807, 2.05) is 13.2 Å². The van der Waals surface area contributed by atoms with E-state index in [2.05, 4.69) is 16.0 Å². The fourth-order valence-corrected chi connectivity index (χ4v) is 0.870. The third-order valence-electron chi connectivity index (χ3n) is 0.894. The first-order valence-corrected chi connectivity index (χ1v) is 3.80. The quantitative estimate of drug-likeness (QED) is 0.433. The summed E-state index contributed by atoms with van der Waals surface area (Å²) >= 11 is 1.54. The average molecular weight is 139 g/mol. The van der Waals surface area contributed by atoms with Crippen LogP contribution in [0, 0.1) is 13.0 Å². The predicted octanol–water partition coefficient (Wildman–Crippen LogP) is 1.31. The fraction of sp³-hybridized carbons (Fsp3) is 0.333. The van der Waals surface area contributed by atoms with E-state index in [1.165, 1.54) is 0 Å². The van der Waals surface area contributed by atoms with Crippen molar-refractivity contribution in [2.75, 3.05) is 6.26 Å². The van der Waals surface area contributed by atoms with Crippen LogP contribution in [0.4, 0.5) is 0 Å². The van der Waals surface area contributed by atoms with Crippen molar-refractivity contribution in [3.8, 4) is 0 Å². The van der Waals surface area contributed by atoms with Gasteiger partial charge >= 0.3 is 0 Å². The number of nitrogens with zero attached hydrogens (tertiary/aromatic N) is 2. The van der Waals surface area contributed by atoms with Gasteiger partial charge in [0.25, 0.3) is 0 Å². The molecule has 0 aliphatic rings. The van der Waals surface area contributed by atoms with Gasteiger partial charge in [-0.15, -0.1) is 0 Å². The number of aryl methyl sites for hydroxylation is 1. The molecule has 0 aromatic carbocycles. The molecule has 0 unspecified atom stereocenters. The topological polar surface area (TPSA) is 25.8 Å². The third-order valence-corrected chi connectivity index (χ3v) is 1.46. The molecule has 9 heavy (non-hydrogen) atoms. The molecule has 0 aliphatic carbocycles. The molecule has 0 saturated heterocycles. The van der Waals surface area contributed by atoms with E-state index in [1.54, 1.807) is 18.0 Å². The van der Waals surface area contributed by atoms with Gasteiger partial charge in [0.2, 0.25) is 0 Å². The van der Waals surface area contributed by atoms with E-state index in [4.69, 9.17) is 0 Å². The Balaban J connectivity index is 2.94. The van der Waals surface area contributed by atoms with E-state index in [0.29, 0.717) is 0 Å². The second-order valence-corrected chi connectivity index (χ2v) is 2.36. The van der Waals surface area contributed by atoms with Crippen LogP contribution in [0.1, 0.15) is 5.69 Å². The molecule has 1 aromatic heterocycles. The lowest BCUT2D eigenvalue weighted by atomic mass is 10.5. The van der Waals surface area contributed by atoms with Gasteiger partial charge in [-0.2, -0.15) is 0 Å². The van der Waals surface area contributed by atoms with Gasteiger partial charge in [0, 0.05) is 18.0 Å². The highest BCUT2D eigenvalue weighted by Crippen LogP contribution is 2.05. The summed E-state index contributed by atoms with van der Waals surface area (Å²) in [6.45, 7) is 1.90. The van der Waals surface area contributed by atoms with Crippen molar-refractivity contribution in [2.24, 2.45) is 0 Å². The lowest BCUT2D eigenvalue weighted by molar-refractivity contribution is 0.931. The molecule has 0 aliphatic heterocycles. The highest BCUT2D eigenvalue weighted by Gasteiger charge is 1.90. The van der Waals surface area contributed by atoms with E-state index in [9.17, 15) is 0 Å². The van der Waals surface area contributed by atoms with Crippen LogP contribution in [0.5, 0.6) is 0 Å². The largest absolute Gasteiger partial charge is 0.230 e. The van der Waals surface area contributed by atoms with Crippen LogP contribution in [0.3, 0.4) is 0 Å². The molecule has 0 spiro atoms. The zero-order valence-corrected chi connectivity index (χ0v) is 6.20. The monoisotopic (exact) mass is 139 g/mol. The molecular weight excluding hydrogens is 132 g/mol. The van der Waals surface area contributed by atoms with E-state index >= 15 is 0 Å². The maximum absolute atomic E-state index is 4.09. The van der Waals surface area contributed by atoms with Crippen molar-refractivity contribution >= 4 is 11.8 Å². The molecule has 47 valence electrons. The Morgan fingerprint density at radius 2 is 2.44 bits per heavy atom. The van der Waals surface area contributed by atoms with E-state index in [0.717, 1.165) is 10.9 Å². The number of aromatic nitrogens is 2. The van der Waals surface area contributed by atoms with Crippen LogP contribution in [0.25, 0.3) is 0 Å². The maximum atomic E-state index is 4.09. The van der Waals surface area contributed by atoms with Gasteiger partial charge in [-0.25, -0.2) is 9.97 Å². The summed E-state index contributed by atoms with van der Waals surface area (Å²) in [6.07, 6.45) is 3.60. The average Bonchev–Trinajstić information content (AvgIpc) is 1.88. The van der Waals surface area contributed by atoms with Crippen LogP contribution in [0.2, 0.25) is 0 Å². The summed E-state index contributed by atoms with van der Waals surface area (Å²) in [5, 5.41) is 0.811. The highest BCUT2D eigenvalue weighted by atomic mass is 32.2. The molecule has 0 atom stereocenters. The fourth-order valence-electron chi connectivity index (χ4n) is 0.484. The molecule has 0 amide bonds. The van der Waals surface area contributed by atoms with Crippen molar-refractivity contribution in [3.63, 3.8) is 0 Å². The Bertz CT molecular complexity index is 200. The molecular formula is C6H7N2S. The van der Waals surface area contributed by atoms with Crippen molar-refractivity contribution < 1.29 is 0 Å². The zero-order valence-electron chi connectivity index (χ0n) is 5.38. The van der Waals surface area contributed by atoms with Crippen LogP contribution in [0.15, 0.2) is 11.4 Å². The van der Waals surface area contributed by atoms with E-state index in [-0.39, 0.29) is 0 Å². The lowest BCUT2D eigenvalue weighted by Gasteiger charge is -1.92. The van der Waals surface area contributed by atoms with Gasteiger partial charge in [0.05, 0.1) is 0 Å². The second-order valence-electron chi connectivity index (χ2n) is 1.59. The van der Waals surface area contributed by atoms with Gasteiger partial charge < -0.3 is 0 Å². The molecule has 0 fully saturated rings. The van der Waals surface area contributed by atoms with Crippen molar-refractivity contribution in [2.45, 2.75) is 12.1 Å². The van der Waals surface area contributed by atoms with Crippen LogP contribution in [-0.4, -0.2) is 16.2 Å². The molecule has 0 bridgehead atoms. The molecule has 1 heterocycles.